The number of carbonyl (C=O) groups excluding carboxylic acids is 1. The number of anilines is 2. The Kier molecular flexibility index (Phi) is 6.51. The molecule has 0 spiro atoms. The molecule has 1 saturated heterocycles. The molecule has 0 bridgehead atoms. The number of amides is 1. The van der Waals surface area contributed by atoms with Crippen molar-refractivity contribution in [3.8, 4) is 0 Å². The highest BCUT2D eigenvalue weighted by molar-refractivity contribution is 7.14. The SMILES string of the molecule is O=C(Nc1ccccc1N1CCN(CCc2ccncc2)CC1)c1cc2c(s1)CCCC2. The molecule has 2 aromatic heterocycles. The van der Waals surface area contributed by atoms with E-state index in [0.29, 0.717) is 0 Å². The zero-order chi connectivity index (χ0) is 21.8. The van der Waals surface area contributed by atoms with Gasteiger partial charge in [0.05, 0.1) is 16.3 Å². The van der Waals surface area contributed by atoms with Crippen LogP contribution in [0, 0.1) is 0 Å². The second kappa shape index (κ2) is 9.84. The summed E-state index contributed by atoms with van der Waals surface area (Å²) in [6.45, 7) is 5.07. The normalized spacial score (nSPS) is 16.6. The predicted octanol–water partition coefficient (Wildman–Crippen LogP) is 4.64. The van der Waals surface area contributed by atoms with Crippen molar-refractivity contribution in [3.05, 3.63) is 75.7 Å². The molecular weight excluding hydrogens is 416 g/mol. The molecule has 2 aliphatic rings. The molecule has 3 heterocycles. The summed E-state index contributed by atoms with van der Waals surface area (Å²) in [7, 11) is 0. The molecule has 1 amide bonds. The number of benzene rings is 1. The second-order valence-electron chi connectivity index (χ2n) is 8.67. The predicted molar refractivity (Wildman–Crippen MR) is 132 cm³/mol. The van der Waals surface area contributed by atoms with Crippen molar-refractivity contribution in [1.82, 2.24) is 9.88 Å². The van der Waals surface area contributed by atoms with Crippen LogP contribution in [-0.4, -0.2) is 48.5 Å². The summed E-state index contributed by atoms with van der Waals surface area (Å²) < 4.78 is 0. The molecule has 1 N–H and O–H groups in total. The van der Waals surface area contributed by atoms with Crippen LogP contribution in [0.5, 0.6) is 0 Å². The molecule has 1 aliphatic heterocycles. The van der Waals surface area contributed by atoms with Crippen LogP contribution in [-0.2, 0) is 19.3 Å². The van der Waals surface area contributed by atoms with Crippen molar-refractivity contribution in [1.29, 1.82) is 0 Å². The number of nitrogens with zero attached hydrogens (tertiary/aromatic N) is 3. The number of aryl methyl sites for hydroxylation is 2. The molecular formula is C26H30N4OS. The van der Waals surface area contributed by atoms with Gasteiger partial charge in [-0.25, -0.2) is 0 Å². The standard InChI is InChI=1S/C26H30N4OS/c31-26(25-19-21-5-1-4-8-24(21)32-25)28-22-6-2-3-7-23(22)30-17-15-29(16-18-30)14-11-20-9-12-27-13-10-20/h2-3,6-7,9-10,12-13,19H,1,4-5,8,11,14-18H2,(H,28,31). The number of para-hydroxylation sites is 2. The van der Waals surface area contributed by atoms with Crippen molar-refractivity contribution in [2.24, 2.45) is 0 Å². The first kappa shape index (κ1) is 21.2. The fourth-order valence-electron chi connectivity index (χ4n) is 4.69. The number of piperazine rings is 1. The maximum Gasteiger partial charge on any atom is 0.265 e. The lowest BCUT2D eigenvalue weighted by molar-refractivity contribution is 0.103. The number of hydrogen-bond donors (Lipinski definition) is 1. The number of aromatic nitrogens is 1. The Morgan fingerprint density at radius 1 is 1.00 bits per heavy atom. The molecule has 32 heavy (non-hydrogen) atoms. The van der Waals surface area contributed by atoms with E-state index in [1.165, 1.54) is 28.8 Å². The fraction of sp³-hybridized carbons (Fsp3) is 0.385. The highest BCUT2D eigenvalue weighted by Crippen LogP contribution is 2.32. The molecule has 6 heteroatoms. The minimum absolute atomic E-state index is 0.0211. The number of carbonyl (C=O) groups is 1. The maximum atomic E-state index is 13.0. The number of nitrogens with one attached hydrogen (secondary N) is 1. The quantitative estimate of drug-likeness (QED) is 0.599. The van der Waals surface area contributed by atoms with Gasteiger partial charge in [0, 0.05) is 50.0 Å². The van der Waals surface area contributed by atoms with Crippen LogP contribution in [0.25, 0.3) is 0 Å². The van der Waals surface area contributed by atoms with Crippen LogP contribution in [0.2, 0.25) is 0 Å². The third-order valence-electron chi connectivity index (χ3n) is 6.55. The molecule has 5 rings (SSSR count). The summed E-state index contributed by atoms with van der Waals surface area (Å²) in [5.74, 6) is 0.0211. The summed E-state index contributed by atoms with van der Waals surface area (Å²) in [5, 5.41) is 3.20. The first-order chi connectivity index (χ1) is 15.8. The van der Waals surface area contributed by atoms with Gasteiger partial charge >= 0.3 is 0 Å². The number of thiophene rings is 1. The van der Waals surface area contributed by atoms with Crippen LogP contribution >= 0.6 is 11.3 Å². The van der Waals surface area contributed by atoms with Crippen molar-refractivity contribution < 1.29 is 4.79 Å². The molecule has 0 atom stereocenters. The van der Waals surface area contributed by atoms with Crippen molar-refractivity contribution in [2.45, 2.75) is 32.1 Å². The van der Waals surface area contributed by atoms with E-state index in [2.05, 4.69) is 50.4 Å². The lowest BCUT2D eigenvalue weighted by Gasteiger charge is -2.37. The largest absolute Gasteiger partial charge is 0.367 e. The van der Waals surface area contributed by atoms with Gasteiger partial charge < -0.3 is 10.2 Å². The van der Waals surface area contributed by atoms with Gasteiger partial charge in [0.2, 0.25) is 0 Å². The third kappa shape index (κ3) is 4.87. The Balaban J connectivity index is 1.20. The first-order valence-electron chi connectivity index (χ1n) is 11.6. The van der Waals surface area contributed by atoms with Crippen molar-refractivity contribution in [3.63, 3.8) is 0 Å². The summed E-state index contributed by atoms with van der Waals surface area (Å²) in [4.78, 5) is 24.3. The van der Waals surface area contributed by atoms with Gasteiger partial charge in [0.15, 0.2) is 0 Å². The molecule has 0 radical (unpaired) electrons. The molecule has 1 aliphatic carbocycles. The highest BCUT2D eigenvalue weighted by atomic mass is 32.1. The summed E-state index contributed by atoms with van der Waals surface area (Å²) in [5.41, 5.74) is 4.75. The topological polar surface area (TPSA) is 48.5 Å². The Labute approximate surface area is 194 Å². The van der Waals surface area contributed by atoms with Gasteiger partial charge in [-0.3, -0.25) is 14.7 Å². The van der Waals surface area contributed by atoms with Gasteiger partial charge in [-0.2, -0.15) is 0 Å². The van der Waals surface area contributed by atoms with Gasteiger partial charge in [0.25, 0.3) is 5.91 Å². The molecule has 0 saturated carbocycles. The van der Waals surface area contributed by atoms with E-state index >= 15 is 0 Å². The van der Waals surface area contributed by atoms with Crippen LogP contribution < -0.4 is 10.2 Å². The van der Waals surface area contributed by atoms with Crippen molar-refractivity contribution >= 4 is 28.6 Å². The molecule has 3 aromatic rings. The lowest BCUT2D eigenvalue weighted by Crippen LogP contribution is -2.47. The fourth-order valence-corrected chi connectivity index (χ4v) is 5.84. The number of hydrogen-bond acceptors (Lipinski definition) is 5. The van der Waals surface area contributed by atoms with E-state index in [1.54, 1.807) is 11.3 Å². The zero-order valence-electron chi connectivity index (χ0n) is 18.4. The van der Waals surface area contributed by atoms with E-state index < -0.39 is 0 Å². The highest BCUT2D eigenvalue weighted by Gasteiger charge is 2.21. The minimum Gasteiger partial charge on any atom is -0.367 e. The number of rotatable bonds is 6. The summed E-state index contributed by atoms with van der Waals surface area (Å²) >= 11 is 1.67. The van der Waals surface area contributed by atoms with Crippen LogP contribution in [0.1, 0.15) is 38.5 Å². The van der Waals surface area contributed by atoms with E-state index in [-0.39, 0.29) is 5.91 Å². The van der Waals surface area contributed by atoms with Gasteiger partial charge in [-0.05, 0) is 73.6 Å². The van der Waals surface area contributed by atoms with Gasteiger partial charge in [-0.1, -0.05) is 12.1 Å². The van der Waals surface area contributed by atoms with Crippen LogP contribution in [0.3, 0.4) is 0 Å². The Bertz CT molecular complexity index is 1030. The van der Waals surface area contributed by atoms with Crippen LogP contribution in [0.4, 0.5) is 11.4 Å². The first-order valence-corrected chi connectivity index (χ1v) is 12.5. The molecule has 0 unspecified atom stereocenters. The monoisotopic (exact) mass is 446 g/mol. The van der Waals surface area contributed by atoms with Gasteiger partial charge in [-0.15, -0.1) is 11.3 Å². The maximum absolute atomic E-state index is 13.0. The lowest BCUT2D eigenvalue weighted by atomic mass is 9.99. The minimum atomic E-state index is 0.0211. The number of pyridine rings is 1. The average Bonchev–Trinajstić information content (AvgIpc) is 3.29. The molecule has 1 fully saturated rings. The Morgan fingerprint density at radius 2 is 1.78 bits per heavy atom. The van der Waals surface area contributed by atoms with E-state index in [1.807, 2.05) is 24.5 Å². The van der Waals surface area contributed by atoms with E-state index in [9.17, 15) is 4.79 Å². The number of fused-ring (bicyclic) bond motifs is 1. The van der Waals surface area contributed by atoms with Crippen molar-refractivity contribution in [2.75, 3.05) is 42.9 Å². The second-order valence-corrected chi connectivity index (χ2v) is 9.81. The Hall–Kier alpha value is -2.70. The molecule has 166 valence electrons. The van der Waals surface area contributed by atoms with E-state index in [4.69, 9.17) is 0 Å². The molecule has 1 aromatic carbocycles. The molecule has 5 nitrogen and oxygen atoms in total. The van der Waals surface area contributed by atoms with E-state index in [0.717, 1.165) is 68.2 Å². The Morgan fingerprint density at radius 3 is 2.59 bits per heavy atom. The van der Waals surface area contributed by atoms with Crippen LogP contribution in [0.15, 0.2) is 54.9 Å². The average molecular weight is 447 g/mol. The summed E-state index contributed by atoms with van der Waals surface area (Å²) in [6.07, 6.45) is 9.50. The zero-order valence-corrected chi connectivity index (χ0v) is 19.2. The smallest absolute Gasteiger partial charge is 0.265 e. The summed E-state index contributed by atoms with van der Waals surface area (Å²) in [6, 6.07) is 14.5. The van der Waals surface area contributed by atoms with Gasteiger partial charge in [0.1, 0.15) is 0 Å². The third-order valence-corrected chi connectivity index (χ3v) is 7.79.